The molecule has 3 aromatic heterocycles. The van der Waals surface area contributed by atoms with Gasteiger partial charge in [0.2, 0.25) is 11.8 Å². The number of carbonyl (C=O) groups excluding carboxylic acids is 2. The normalized spacial score (nSPS) is 18.1. The quantitative estimate of drug-likeness (QED) is 0.341. The Morgan fingerprint density at radius 2 is 1.83 bits per heavy atom. The van der Waals surface area contributed by atoms with Gasteiger partial charge < -0.3 is 19.9 Å². The van der Waals surface area contributed by atoms with Crippen molar-refractivity contribution in [2.75, 3.05) is 10.2 Å². The minimum absolute atomic E-state index is 0.0642. The van der Waals surface area contributed by atoms with Gasteiger partial charge in [-0.1, -0.05) is 30.3 Å². The van der Waals surface area contributed by atoms with Crippen LogP contribution in [0.15, 0.2) is 61.2 Å². The second kappa shape index (κ2) is 8.61. The Morgan fingerprint density at radius 3 is 2.61 bits per heavy atom. The number of halogens is 3. The van der Waals surface area contributed by atoms with Gasteiger partial charge in [-0.25, -0.2) is 15.0 Å². The largest absolute Gasteiger partial charge is 0.573 e. The van der Waals surface area contributed by atoms with E-state index in [1.807, 2.05) is 6.07 Å². The number of nitrogens with zero attached hydrogens (tertiary/aromatic N) is 6. The van der Waals surface area contributed by atoms with Crippen molar-refractivity contribution in [3.63, 3.8) is 0 Å². The van der Waals surface area contributed by atoms with Crippen LogP contribution in [0.1, 0.15) is 28.8 Å². The highest BCUT2D eigenvalue weighted by Gasteiger charge is 2.58. The van der Waals surface area contributed by atoms with E-state index >= 15 is 0 Å². The highest BCUT2D eigenvalue weighted by molar-refractivity contribution is 6.16. The summed E-state index contributed by atoms with van der Waals surface area (Å²) in [5.74, 6) is -0.425. The molecule has 0 saturated carbocycles. The molecule has 0 aliphatic carbocycles. The van der Waals surface area contributed by atoms with E-state index in [4.69, 9.17) is 0 Å². The second-order valence-corrected chi connectivity index (χ2v) is 9.75. The van der Waals surface area contributed by atoms with Crippen LogP contribution < -0.4 is 15.0 Å². The van der Waals surface area contributed by atoms with Crippen LogP contribution in [0.5, 0.6) is 5.75 Å². The van der Waals surface area contributed by atoms with E-state index in [0.717, 1.165) is 0 Å². The third kappa shape index (κ3) is 3.74. The Bertz CT molecular complexity index is 1860. The lowest BCUT2D eigenvalue weighted by Gasteiger charge is -2.33. The summed E-state index contributed by atoms with van der Waals surface area (Å²) >= 11 is 0. The van der Waals surface area contributed by atoms with Gasteiger partial charge in [-0.3, -0.25) is 9.59 Å². The number of para-hydroxylation sites is 1. The average Bonchev–Trinajstić information content (AvgIpc) is 3.60. The molecule has 2 amide bonds. The fourth-order valence-corrected chi connectivity index (χ4v) is 5.80. The zero-order valence-corrected chi connectivity index (χ0v) is 21.2. The molecule has 2 aliphatic heterocycles. The number of benzene rings is 2. The zero-order chi connectivity index (χ0) is 28.5. The minimum atomic E-state index is -4.81. The molecule has 2 aromatic carbocycles. The molecule has 206 valence electrons. The predicted octanol–water partition coefficient (Wildman–Crippen LogP) is 3.92. The Balaban J connectivity index is 1.34. The number of ether oxygens (including phenoxy) is 1. The summed E-state index contributed by atoms with van der Waals surface area (Å²) in [4.78, 5) is 45.0. The van der Waals surface area contributed by atoms with Crippen LogP contribution in [-0.2, 0) is 21.5 Å². The number of rotatable bonds is 4. The smallest absolute Gasteiger partial charge is 0.406 e. The van der Waals surface area contributed by atoms with Crippen LogP contribution >= 0.6 is 0 Å². The maximum absolute atomic E-state index is 14.5. The Morgan fingerprint density at radius 1 is 1.05 bits per heavy atom. The van der Waals surface area contributed by atoms with E-state index in [0.29, 0.717) is 50.9 Å². The SMILES string of the molecule is Cc1nn(-c2ncnc3nc[nH]c23)c2c1[C@]1(CC(=O)N2)C(=O)N(Cc2ccc(OC(F)(F)F)cc2)c2ccccc21. The van der Waals surface area contributed by atoms with Crippen LogP contribution in [0, 0.1) is 6.92 Å². The molecular formula is C27H19F3N8O3. The van der Waals surface area contributed by atoms with Crippen LogP contribution in [0.4, 0.5) is 24.7 Å². The molecule has 0 radical (unpaired) electrons. The maximum atomic E-state index is 14.5. The lowest BCUT2D eigenvalue weighted by Crippen LogP contribution is -2.46. The number of aromatic amines is 1. The van der Waals surface area contributed by atoms with Crippen molar-refractivity contribution < 1.29 is 27.5 Å². The molecule has 1 spiro atoms. The molecule has 2 N–H and O–H groups in total. The second-order valence-electron chi connectivity index (χ2n) is 9.75. The van der Waals surface area contributed by atoms with Gasteiger partial charge in [0.05, 0.1) is 18.6 Å². The van der Waals surface area contributed by atoms with Gasteiger partial charge >= 0.3 is 6.36 Å². The Labute approximate surface area is 229 Å². The Hall–Kier alpha value is -5.27. The van der Waals surface area contributed by atoms with E-state index in [1.165, 1.54) is 41.6 Å². The third-order valence-corrected chi connectivity index (χ3v) is 7.34. The Kier molecular flexibility index (Phi) is 5.20. The number of aryl methyl sites for hydroxylation is 1. The number of anilines is 2. The number of alkyl halides is 3. The van der Waals surface area contributed by atoms with Gasteiger partial charge in [-0.15, -0.1) is 13.2 Å². The standard InChI is InChI=1S/C27H19F3N8O3/c1-14-20-23(38(36-14)24-21-22(32-12-31-21)33-13-34-24)35-19(39)10-26(20)17-4-2-3-5-18(17)37(25(26)40)11-15-6-8-16(9-7-15)41-27(28,29)30/h2-9,12-13H,10-11H2,1H3,(H,35,39)(H,31,32,33,34)/t26-/m1/s1. The summed E-state index contributed by atoms with van der Waals surface area (Å²) in [7, 11) is 0. The molecule has 1 atom stereocenters. The number of carbonyl (C=O) groups is 2. The number of aromatic nitrogens is 6. The first-order valence-corrected chi connectivity index (χ1v) is 12.5. The summed E-state index contributed by atoms with van der Waals surface area (Å²) < 4.78 is 43.3. The number of hydrogen-bond donors (Lipinski definition) is 2. The number of nitrogens with one attached hydrogen (secondary N) is 2. The fraction of sp³-hybridized carbons (Fsp3) is 0.185. The molecule has 2 aliphatic rings. The van der Waals surface area contributed by atoms with E-state index in [2.05, 4.69) is 35.1 Å². The summed E-state index contributed by atoms with van der Waals surface area (Å²) in [5.41, 5.74) is 2.40. The number of amides is 2. The van der Waals surface area contributed by atoms with Crippen LogP contribution in [0.2, 0.25) is 0 Å². The van der Waals surface area contributed by atoms with Crippen molar-refractivity contribution in [3.05, 3.63) is 83.6 Å². The van der Waals surface area contributed by atoms with E-state index in [1.54, 1.807) is 30.0 Å². The molecule has 5 heterocycles. The predicted molar refractivity (Wildman–Crippen MR) is 138 cm³/mol. The molecule has 5 aromatic rings. The minimum Gasteiger partial charge on any atom is -0.406 e. The highest BCUT2D eigenvalue weighted by Crippen LogP contribution is 2.53. The van der Waals surface area contributed by atoms with Crippen molar-refractivity contribution in [2.24, 2.45) is 0 Å². The number of hydrogen-bond acceptors (Lipinski definition) is 7. The summed E-state index contributed by atoms with van der Waals surface area (Å²) in [5, 5.41) is 7.58. The summed E-state index contributed by atoms with van der Waals surface area (Å²) in [6, 6.07) is 12.5. The molecule has 11 nitrogen and oxygen atoms in total. The lowest BCUT2D eigenvalue weighted by molar-refractivity contribution is -0.274. The first-order chi connectivity index (χ1) is 19.7. The van der Waals surface area contributed by atoms with Crippen LogP contribution in [-0.4, -0.2) is 47.9 Å². The number of H-pyrrole nitrogens is 1. The first kappa shape index (κ1) is 24.7. The number of imidazole rings is 1. The fourth-order valence-electron chi connectivity index (χ4n) is 5.80. The molecule has 7 rings (SSSR count). The van der Waals surface area contributed by atoms with Gasteiger partial charge in [0.15, 0.2) is 11.5 Å². The monoisotopic (exact) mass is 560 g/mol. The van der Waals surface area contributed by atoms with Crippen molar-refractivity contribution in [1.82, 2.24) is 29.7 Å². The highest BCUT2D eigenvalue weighted by atomic mass is 19.4. The maximum Gasteiger partial charge on any atom is 0.573 e. The molecule has 0 bridgehead atoms. The van der Waals surface area contributed by atoms with Crippen molar-refractivity contribution >= 4 is 34.5 Å². The van der Waals surface area contributed by atoms with Crippen molar-refractivity contribution in [3.8, 4) is 11.6 Å². The van der Waals surface area contributed by atoms with Gasteiger partial charge in [-0.05, 0) is 36.2 Å². The van der Waals surface area contributed by atoms with E-state index in [-0.39, 0.29) is 30.5 Å². The number of fused-ring (bicyclic) bond motifs is 5. The lowest BCUT2D eigenvalue weighted by atomic mass is 9.70. The van der Waals surface area contributed by atoms with Gasteiger partial charge in [0.1, 0.15) is 28.8 Å². The molecule has 0 unspecified atom stereocenters. The summed E-state index contributed by atoms with van der Waals surface area (Å²) in [6.45, 7) is 1.83. The molecule has 14 heteroatoms. The molecular weight excluding hydrogens is 541 g/mol. The molecule has 41 heavy (non-hydrogen) atoms. The zero-order valence-electron chi connectivity index (χ0n) is 21.2. The summed E-state index contributed by atoms with van der Waals surface area (Å²) in [6.07, 6.45) is -2.15. The first-order valence-electron chi connectivity index (χ1n) is 12.5. The average molecular weight is 560 g/mol. The van der Waals surface area contributed by atoms with Gasteiger partial charge in [0, 0.05) is 17.7 Å². The van der Waals surface area contributed by atoms with Gasteiger partial charge in [0.25, 0.3) is 0 Å². The third-order valence-electron chi connectivity index (χ3n) is 7.34. The molecule has 0 fully saturated rings. The topological polar surface area (TPSA) is 131 Å². The van der Waals surface area contributed by atoms with Gasteiger partial charge in [-0.2, -0.15) is 9.78 Å². The van der Waals surface area contributed by atoms with Crippen LogP contribution in [0.25, 0.3) is 17.0 Å². The van der Waals surface area contributed by atoms with E-state index in [9.17, 15) is 22.8 Å². The van der Waals surface area contributed by atoms with Crippen molar-refractivity contribution in [2.45, 2.75) is 31.7 Å². The van der Waals surface area contributed by atoms with E-state index < -0.39 is 11.8 Å². The molecule has 0 saturated heterocycles. The van der Waals surface area contributed by atoms with Crippen LogP contribution in [0.3, 0.4) is 0 Å². The van der Waals surface area contributed by atoms with Crippen molar-refractivity contribution in [1.29, 1.82) is 0 Å².